The van der Waals surface area contributed by atoms with Gasteiger partial charge in [0, 0.05) is 45.8 Å². The molecule has 18 heavy (non-hydrogen) atoms. The van der Waals surface area contributed by atoms with Crippen molar-refractivity contribution < 1.29 is 14.6 Å². The highest BCUT2D eigenvalue weighted by Crippen LogP contribution is 2.07. The Bertz CT molecular complexity index is 254. The van der Waals surface area contributed by atoms with E-state index in [-0.39, 0.29) is 31.0 Å². The maximum Gasteiger partial charge on any atom is 0.253 e. The van der Waals surface area contributed by atoms with E-state index in [1.54, 1.807) is 0 Å². The van der Waals surface area contributed by atoms with Crippen molar-refractivity contribution in [1.82, 2.24) is 15.1 Å². The molecule has 2 aliphatic heterocycles. The van der Waals surface area contributed by atoms with E-state index in [2.05, 4.69) is 10.2 Å². The Morgan fingerprint density at radius 1 is 1.33 bits per heavy atom. The van der Waals surface area contributed by atoms with E-state index in [4.69, 9.17) is 9.84 Å². The molecule has 2 fully saturated rings. The van der Waals surface area contributed by atoms with Gasteiger partial charge >= 0.3 is 0 Å². The van der Waals surface area contributed by atoms with Gasteiger partial charge in [-0.3, -0.25) is 9.69 Å². The number of nitrogens with zero attached hydrogens (tertiary/aromatic N) is 2. The molecule has 0 bridgehead atoms. The summed E-state index contributed by atoms with van der Waals surface area (Å²) >= 11 is 0. The summed E-state index contributed by atoms with van der Waals surface area (Å²) in [5.74, 6) is 0.0980. The normalized spacial score (nSPS) is 25.6. The van der Waals surface area contributed by atoms with Crippen LogP contribution >= 0.6 is 12.4 Å². The van der Waals surface area contributed by atoms with Crippen molar-refractivity contribution in [3.8, 4) is 0 Å². The number of halogens is 1. The minimum absolute atomic E-state index is 0. The van der Waals surface area contributed by atoms with Crippen molar-refractivity contribution in [1.29, 1.82) is 0 Å². The number of aliphatic hydroxyl groups excluding tert-OH is 1. The third kappa shape index (κ3) is 4.07. The fourth-order valence-corrected chi connectivity index (χ4v) is 2.26. The van der Waals surface area contributed by atoms with E-state index in [0.717, 1.165) is 32.7 Å². The van der Waals surface area contributed by atoms with Crippen LogP contribution in [0.5, 0.6) is 0 Å². The van der Waals surface area contributed by atoms with E-state index < -0.39 is 0 Å². The van der Waals surface area contributed by atoms with Crippen LogP contribution in [0.25, 0.3) is 0 Å². The average Bonchev–Trinajstić information content (AvgIpc) is 2.40. The highest BCUT2D eigenvalue weighted by molar-refractivity contribution is 5.85. The second kappa shape index (κ2) is 7.91. The molecule has 2 rings (SSSR count). The molecule has 2 N–H and O–H groups in total. The molecule has 2 saturated heterocycles. The smallest absolute Gasteiger partial charge is 0.253 e. The van der Waals surface area contributed by atoms with Gasteiger partial charge in [0.05, 0.1) is 13.2 Å². The molecule has 2 heterocycles. The molecule has 6 nitrogen and oxygen atoms in total. The van der Waals surface area contributed by atoms with Gasteiger partial charge in [0.15, 0.2) is 0 Å². The maximum atomic E-state index is 12.1. The van der Waals surface area contributed by atoms with Gasteiger partial charge < -0.3 is 20.1 Å². The van der Waals surface area contributed by atoms with Gasteiger partial charge in [0.25, 0.3) is 5.91 Å². The summed E-state index contributed by atoms with van der Waals surface area (Å²) in [6.45, 7) is 6.09. The molecule has 0 radical (unpaired) electrons. The highest BCUT2D eigenvalue weighted by Gasteiger charge is 2.28. The van der Waals surface area contributed by atoms with Gasteiger partial charge in [0.1, 0.15) is 6.10 Å². The molecule has 0 spiro atoms. The van der Waals surface area contributed by atoms with E-state index in [0.29, 0.717) is 19.7 Å². The number of amides is 1. The fraction of sp³-hybridized carbons (Fsp3) is 0.909. The van der Waals surface area contributed by atoms with Crippen LogP contribution in [0.4, 0.5) is 0 Å². The number of ether oxygens (including phenoxy) is 1. The molecule has 2 aliphatic rings. The molecule has 1 atom stereocenters. The van der Waals surface area contributed by atoms with Crippen LogP contribution in [-0.2, 0) is 9.53 Å². The van der Waals surface area contributed by atoms with E-state index in [1.807, 2.05) is 4.90 Å². The van der Waals surface area contributed by atoms with E-state index in [1.165, 1.54) is 0 Å². The van der Waals surface area contributed by atoms with Gasteiger partial charge in [-0.2, -0.15) is 0 Å². The molecule has 7 heteroatoms. The number of nitrogens with one attached hydrogen (secondary N) is 1. The number of aliphatic hydroxyl groups is 1. The van der Waals surface area contributed by atoms with Crippen LogP contribution < -0.4 is 5.32 Å². The van der Waals surface area contributed by atoms with Crippen molar-refractivity contribution >= 4 is 18.3 Å². The Hall–Kier alpha value is -0.400. The molecule has 106 valence electrons. The third-order valence-electron chi connectivity index (χ3n) is 3.30. The lowest BCUT2D eigenvalue weighted by Crippen LogP contribution is -2.55. The summed E-state index contributed by atoms with van der Waals surface area (Å²) in [6.07, 6.45) is -0.312. The maximum absolute atomic E-state index is 12.1. The van der Waals surface area contributed by atoms with Gasteiger partial charge in [0.2, 0.25) is 0 Å². The molecule has 0 unspecified atom stereocenters. The van der Waals surface area contributed by atoms with Crippen molar-refractivity contribution in [3.63, 3.8) is 0 Å². The van der Waals surface area contributed by atoms with Crippen LogP contribution in [0.2, 0.25) is 0 Å². The Balaban J connectivity index is 0.00000162. The minimum Gasteiger partial charge on any atom is -0.395 e. The van der Waals surface area contributed by atoms with E-state index in [9.17, 15) is 4.79 Å². The predicted octanol–water partition coefficient (Wildman–Crippen LogP) is -1.47. The largest absolute Gasteiger partial charge is 0.395 e. The molecule has 0 aromatic rings. The van der Waals surface area contributed by atoms with Gasteiger partial charge in [-0.05, 0) is 0 Å². The van der Waals surface area contributed by atoms with Crippen LogP contribution in [0.3, 0.4) is 0 Å². The molecule has 1 amide bonds. The second-order valence-electron chi connectivity index (χ2n) is 4.45. The Morgan fingerprint density at radius 2 is 2.06 bits per heavy atom. The summed E-state index contributed by atoms with van der Waals surface area (Å²) < 4.78 is 5.46. The lowest BCUT2D eigenvalue weighted by Gasteiger charge is -2.36. The third-order valence-corrected chi connectivity index (χ3v) is 3.30. The van der Waals surface area contributed by atoms with Crippen molar-refractivity contribution in [2.24, 2.45) is 0 Å². The van der Waals surface area contributed by atoms with E-state index >= 15 is 0 Å². The first-order valence-electron chi connectivity index (χ1n) is 6.25. The Kier molecular flexibility index (Phi) is 6.88. The van der Waals surface area contributed by atoms with Crippen LogP contribution in [-0.4, -0.2) is 85.9 Å². The number of β-amino-alcohol motifs (C(OH)–C–C–N with tert-alkyl or cyclic N) is 1. The number of carbonyl (C=O) groups excluding carboxylic acids is 1. The first kappa shape index (κ1) is 15.7. The first-order chi connectivity index (χ1) is 8.31. The molecule has 0 aromatic heterocycles. The van der Waals surface area contributed by atoms with Crippen LogP contribution in [0.15, 0.2) is 0 Å². The number of hydrogen-bond acceptors (Lipinski definition) is 5. The quantitative estimate of drug-likeness (QED) is 0.661. The predicted molar refractivity (Wildman–Crippen MR) is 70.0 cm³/mol. The SMILES string of the molecule is Cl.O=C([C@H]1CNCCO1)N1CCN(CCO)CC1. The molecule has 0 saturated carbocycles. The topological polar surface area (TPSA) is 65.0 Å². The van der Waals surface area contributed by atoms with Crippen molar-refractivity contribution in [2.45, 2.75) is 6.10 Å². The summed E-state index contributed by atoms with van der Waals surface area (Å²) in [7, 11) is 0. The lowest BCUT2D eigenvalue weighted by atomic mass is 10.2. The highest BCUT2D eigenvalue weighted by atomic mass is 35.5. The zero-order chi connectivity index (χ0) is 12.1. The Morgan fingerprint density at radius 3 is 2.61 bits per heavy atom. The lowest BCUT2D eigenvalue weighted by molar-refractivity contribution is -0.147. The van der Waals surface area contributed by atoms with Crippen molar-refractivity contribution in [3.05, 3.63) is 0 Å². The number of piperazine rings is 1. The zero-order valence-electron chi connectivity index (χ0n) is 10.5. The zero-order valence-corrected chi connectivity index (χ0v) is 11.3. The minimum atomic E-state index is -0.312. The average molecular weight is 280 g/mol. The van der Waals surface area contributed by atoms with Crippen LogP contribution in [0.1, 0.15) is 0 Å². The molecule has 0 aromatic carbocycles. The van der Waals surface area contributed by atoms with Crippen molar-refractivity contribution in [2.75, 3.05) is 59.0 Å². The monoisotopic (exact) mass is 279 g/mol. The summed E-state index contributed by atoms with van der Waals surface area (Å²) in [5, 5.41) is 12.0. The fourth-order valence-electron chi connectivity index (χ4n) is 2.26. The molecular weight excluding hydrogens is 258 g/mol. The van der Waals surface area contributed by atoms with Crippen LogP contribution in [0, 0.1) is 0 Å². The number of carbonyl (C=O) groups is 1. The van der Waals surface area contributed by atoms with Gasteiger partial charge in [-0.25, -0.2) is 0 Å². The number of morpholine rings is 1. The second-order valence-corrected chi connectivity index (χ2v) is 4.45. The van der Waals surface area contributed by atoms with Gasteiger partial charge in [-0.15, -0.1) is 12.4 Å². The standard InChI is InChI=1S/C11H21N3O3.ClH/c15-7-6-13-2-4-14(5-3-13)11(16)10-9-12-1-8-17-10;/h10,12,15H,1-9H2;1H/t10-;/m1./s1. The summed E-state index contributed by atoms with van der Waals surface area (Å²) in [5.41, 5.74) is 0. The Labute approximate surface area is 114 Å². The number of rotatable bonds is 3. The van der Waals surface area contributed by atoms with Gasteiger partial charge in [-0.1, -0.05) is 0 Å². The molecule has 0 aliphatic carbocycles. The first-order valence-corrected chi connectivity index (χ1v) is 6.25. The summed E-state index contributed by atoms with van der Waals surface area (Å²) in [6, 6.07) is 0. The summed E-state index contributed by atoms with van der Waals surface area (Å²) in [4.78, 5) is 16.1. The molecular formula is C11H22ClN3O3. The number of hydrogen-bond donors (Lipinski definition) is 2.